The molecule has 1 saturated carbocycles. The van der Waals surface area contributed by atoms with Crippen LogP contribution in [-0.4, -0.2) is 34.5 Å². The molecule has 8 nitrogen and oxygen atoms in total. The molecule has 0 bridgehead atoms. The number of nitrogens with one attached hydrogen (secondary N) is 1. The average molecular weight is 460 g/mol. The number of aromatic nitrogens is 6. The topological polar surface area (TPSA) is 81.5 Å². The number of halogens is 1. The van der Waals surface area contributed by atoms with Crippen LogP contribution in [0.1, 0.15) is 46.7 Å². The lowest BCUT2D eigenvalue weighted by atomic mass is 10.1. The van der Waals surface area contributed by atoms with Gasteiger partial charge in [-0.05, 0) is 48.1 Å². The quantitative estimate of drug-likeness (QED) is 0.417. The molecular weight excluding hydrogens is 438 g/mol. The summed E-state index contributed by atoms with van der Waals surface area (Å²) in [5, 5.41) is 7.94. The van der Waals surface area contributed by atoms with Gasteiger partial charge in [0.15, 0.2) is 0 Å². The van der Waals surface area contributed by atoms with Gasteiger partial charge in [0.05, 0.1) is 36.3 Å². The molecule has 0 saturated heterocycles. The molecule has 2 unspecified atom stereocenters. The van der Waals surface area contributed by atoms with Crippen LogP contribution < -0.4 is 5.32 Å². The van der Waals surface area contributed by atoms with Crippen molar-refractivity contribution in [2.45, 2.75) is 32.4 Å². The summed E-state index contributed by atoms with van der Waals surface area (Å²) in [6, 6.07) is 9.57. The molecule has 5 heterocycles. The number of hydrogen-bond acceptors (Lipinski definition) is 4. The van der Waals surface area contributed by atoms with Gasteiger partial charge in [0, 0.05) is 29.8 Å². The van der Waals surface area contributed by atoms with Crippen LogP contribution in [0.5, 0.6) is 0 Å². The second kappa shape index (κ2) is 7.74. The van der Waals surface area contributed by atoms with Crippen molar-refractivity contribution in [3.05, 3.63) is 89.1 Å². The Hall–Kier alpha value is -3.65. The van der Waals surface area contributed by atoms with Crippen LogP contribution in [0.2, 0.25) is 5.02 Å². The SMILES string of the molecule is CC1CC1c1ccc2nc(Cn3ccc(C(=O)NCc4ncn5ccc(Cl)cc45)n3)cn2c1. The first-order chi connectivity index (χ1) is 16.0. The Kier molecular flexibility index (Phi) is 4.69. The molecule has 0 spiro atoms. The predicted octanol–water partition coefficient (Wildman–Crippen LogP) is 3.93. The van der Waals surface area contributed by atoms with Gasteiger partial charge in [-0.2, -0.15) is 5.10 Å². The first kappa shape index (κ1) is 20.0. The van der Waals surface area contributed by atoms with Gasteiger partial charge in [-0.3, -0.25) is 9.48 Å². The molecule has 33 heavy (non-hydrogen) atoms. The van der Waals surface area contributed by atoms with Crippen molar-refractivity contribution in [3.8, 4) is 0 Å². The molecule has 0 radical (unpaired) electrons. The first-order valence-corrected chi connectivity index (χ1v) is 11.3. The van der Waals surface area contributed by atoms with Gasteiger partial charge < -0.3 is 14.1 Å². The third-order valence-corrected chi connectivity index (χ3v) is 6.49. The molecule has 0 aromatic carbocycles. The maximum absolute atomic E-state index is 12.6. The summed E-state index contributed by atoms with van der Waals surface area (Å²) in [7, 11) is 0. The number of imidazole rings is 2. The molecule has 0 aliphatic heterocycles. The van der Waals surface area contributed by atoms with E-state index in [4.69, 9.17) is 11.6 Å². The fraction of sp³-hybridized carbons (Fsp3) is 0.250. The van der Waals surface area contributed by atoms with E-state index in [2.05, 4.69) is 50.0 Å². The number of carbonyl (C=O) groups is 1. The summed E-state index contributed by atoms with van der Waals surface area (Å²) >= 11 is 6.08. The lowest BCUT2D eigenvalue weighted by molar-refractivity contribution is 0.0945. The van der Waals surface area contributed by atoms with Crippen LogP contribution >= 0.6 is 11.6 Å². The van der Waals surface area contributed by atoms with E-state index >= 15 is 0 Å². The maximum Gasteiger partial charge on any atom is 0.272 e. The average Bonchev–Trinajstić information content (AvgIpc) is 3.17. The Bertz CT molecular complexity index is 1500. The minimum atomic E-state index is -0.255. The van der Waals surface area contributed by atoms with Gasteiger partial charge >= 0.3 is 0 Å². The van der Waals surface area contributed by atoms with E-state index in [9.17, 15) is 4.79 Å². The second-order valence-electron chi connectivity index (χ2n) is 8.69. The van der Waals surface area contributed by atoms with Crippen LogP contribution in [0.15, 0.2) is 61.4 Å². The molecule has 9 heteroatoms. The van der Waals surface area contributed by atoms with Crippen LogP contribution in [0.3, 0.4) is 0 Å². The second-order valence-corrected chi connectivity index (χ2v) is 9.13. The van der Waals surface area contributed by atoms with Gasteiger partial charge in [0.25, 0.3) is 5.91 Å². The highest BCUT2D eigenvalue weighted by Crippen LogP contribution is 2.46. The van der Waals surface area contributed by atoms with Crippen molar-refractivity contribution in [2.24, 2.45) is 5.92 Å². The van der Waals surface area contributed by atoms with Crippen LogP contribution in [0.4, 0.5) is 0 Å². The first-order valence-electron chi connectivity index (χ1n) is 10.9. The number of amides is 1. The normalized spacial score (nSPS) is 17.6. The summed E-state index contributed by atoms with van der Waals surface area (Å²) in [6.45, 7) is 3.07. The van der Waals surface area contributed by atoms with Crippen LogP contribution in [0.25, 0.3) is 11.2 Å². The van der Waals surface area contributed by atoms with Gasteiger partial charge in [-0.1, -0.05) is 24.6 Å². The lowest BCUT2D eigenvalue weighted by Gasteiger charge is -2.02. The van der Waals surface area contributed by atoms with Crippen molar-refractivity contribution in [1.29, 1.82) is 0 Å². The smallest absolute Gasteiger partial charge is 0.272 e. The largest absolute Gasteiger partial charge is 0.345 e. The molecule has 5 aromatic heterocycles. The van der Waals surface area contributed by atoms with E-state index in [1.165, 1.54) is 12.0 Å². The Labute approximate surface area is 194 Å². The summed E-state index contributed by atoms with van der Waals surface area (Å²) in [5.41, 5.74) is 5.14. The minimum absolute atomic E-state index is 0.255. The number of pyridine rings is 2. The van der Waals surface area contributed by atoms with Crippen LogP contribution in [0, 0.1) is 5.92 Å². The highest BCUT2D eigenvalue weighted by atomic mass is 35.5. The van der Waals surface area contributed by atoms with E-state index in [1.807, 2.05) is 22.9 Å². The Morgan fingerprint density at radius 2 is 2.06 bits per heavy atom. The summed E-state index contributed by atoms with van der Waals surface area (Å²) in [4.78, 5) is 21.7. The van der Waals surface area contributed by atoms with Crippen molar-refractivity contribution < 1.29 is 4.79 Å². The molecule has 1 aliphatic rings. The Morgan fingerprint density at radius 3 is 2.91 bits per heavy atom. The number of hydrogen-bond donors (Lipinski definition) is 1. The number of fused-ring (bicyclic) bond motifs is 2. The van der Waals surface area contributed by atoms with Crippen molar-refractivity contribution in [3.63, 3.8) is 0 Å². The van der Waals surface area contributed by atoms with Gasteiger partial charge in [0.2, 0.25) is 0 Å². The van der Waals surface area contributed by atoms with E-state index in [0.717, 1.165) is 28.5 Å². The number of rotatable bonds is 6. The van der Waals surface area contributed by atoms with Gasteiger partial charge in [0.1, 0.15) is 11.3 Å². The summed E-state index contributed by atoms with van der Waals surface area (Å²) < 4.78 is 5.67. The maximum atomic E-state index is 12.6. The number of carbonyl (C=O) groups excluding carboxylic acids is 1. The molecule has 6 rings (SSSR count). The minimum Gasteiger partial charge on any atom is -0.345 e. The number of nitrogens with zero attached hydrogens (tertiary/aromatic N) is 6. The summed E-state index contributed by atoms with van der Waals surface area (Å²) in [5.74, 6) is 1.18. The molecular formula is C24H22ClN7O. The van der Waals surface area contributed by atoms with Gasteiger partial charge in [-0.15, -0.1) is 0 Å². The standard InChI is InChI=1S/C24H22ClN7O/c1-15-8-19(15)16-2-3-23-28-18(12-31(23)11-16)13-32-7-5-20(29-32)24(33)26-10-21-22-9-17(25)4-6-30(22)14-27-21/h2-7,9,11-12,14-15,19H,8,10,13H2,1H3,(H,26,33). The Balaban J connectivity index is 1.13. The molecule has 166 valence electrons. The van der Waals surface area contributed by atoms with E-state index in [0.29, 0.717) is 23.2 Å². The van der Waals surface area contributed by atoms with Crippen molar-refractivity contribution in [2.75, 3.05) is 0 Å². The highest BCUT2D eigenvalue weighted by Gasteiger charge is 2.34. The molecule has 1 amide bonds. The molecule has 2 atom stereocenters. The zero-order valence-electron chi connectivity index (χ0n) is 18.0. The molecule has 1 aliphatic carbocycles. The molecule has 1 N–H and O–H groups in total. The van der Waals surface area contributed by atoms with Gasteiger partial charge in [-0.25, -0.2) is 9.97 Å². The Morgan fingerprint density at radius 1 is 1.18 bits per heavy atom. The van der Waals surface area contributed by atoms with Crippen LogP contribution in [-0.2, 0) is 13.1 Å². The van der Waals surface area contributed by atoms with E-state index in [-0.39, 0.29) is 12.5 Å². The monoisotopic (exact) mass is 459 g/mol. The highest BCUT2D eigenvalue weighted by molar-refractivity contribution is 6.30. The fourth-order valence-corrected chi connectivity index (χ4v) is 4.45. The zero-order valence-corrected chi connectivity index (χ0v) is 18.8. The van der Waals surface area contributed by atoms with E-state index < -0.39 is 0 Å². The fourth-order valence-electron chi connectivity index (χ4n) is 4.29. The molecule has 1 fully saturated rings. The van der Waals surface area contributed by atoms with E-state index in [1.54, 1.807) is 29.3 Å². The third kappa shape index (κ3) is 3.87. The summed E-state index contributed by atoms with van der Waals surface area (Å²) in [6.07, 6.45) is 10.8. The lowest BCUT2D eigenvalue weighted by Crippen LogP contribution is -2.23. The third-order valence-electron chi connectivity index (χ3n) is 6.26. The zero-order chi connectivity index (χ0) is 22.5. The van der Waals surface area contributed by atoms with Crippen molar-refractivity contribution in [1.82, 2.24) is 33.9 Å². The van der Waals surface area contributed by atoms with Crippen molar-refractivity contribution >= 4 is 28.7 Å². The predicted molar refractivity (Wildman–Crippen MR) is 124 cm³/mol. The molecule has 5 aromatic rings.